The molecule has 0 aromatic heterocycles. The summed E-state index contributed by atoms with van der Waals surface area (Å²) in [6.45, 7) is 7.81. The van der Waals surface area contributed by atoms with Crippen molar-refractivity contribution in [2.24, 2.45) is 0 Å². The third-order valence-electron chi connectivity index (χ3n) is 2.59. The predicted molar refractivity (Wildman–Crippen MR) is 59.6 cm³/mol. The molecule has 0 fully saturated rings. The molecule has 1 amide bonds. The van der Waals surface area contributed by atoms with E-state index in [0.29, 0.717) is 0 Å². The molecule has 0 spiro atoms. The summed E-state index contributed by atoms with van der Waals surface area (Å²) in [7, 11) is 0. The van der Waals surface area contributed by atoms with Crippen LogP contribution in [0.1, 0.15) is 30.5 Å². The maximum atomic E-state index is 10.9. The van der Waals surface area contributed by atoms with E-state index in [1.54, 1.807) is 0 Å². The van der Waals surface area contributed by atoms with E-state index in [9.17, 15) is 4.79 Å². The van der Waals surface area contributed by atoms with E-state index in [1.807, 2.05) is 13.0 Å². The van der Waals surface area contributed by atoms with Gasteiger partial charge in [-0.2, -0.15) is 0 Å². The van der Waals surface area contributed by atoms with Crippen molar-refractivity contribution in [2.75, 3.05) is 5.32 Å². The molecular formula is C12H17NO. The van der Waals surface area contributed by atoms with Gasteiger partial charge in [0, 0.05) is 12.6 Å². The monoisotopic (exact) mass is 191 g/mol. The van der Waals surface area contributed by atoms with Crippen molar-refractivity contribution in [3.05, 3.63) is 28.8 Å². The molecule has 0 heterocycles. The highest BCUT2D eigenvalue weighted by molar-refractivity contribution is 5.89. The SMILES string of the molecule is CCc1ccc(NC(C)=O)c(C)c1C. The largest absolute Gasteiger partial charge is 0.326 e. The first-order valence-corrected chi connectivity index (χ1v) is 4.93. The number of carbonyl (C=O) groups is 1. The van der Waals surface area contributed by atoms with Gasteiger partial charge in [0.05, 0.1) is 0 Å². The van der Waals surface area contributed by atoms with Crippen molar-refractivity contribution in [2.45, 2.75) is 34.1 Å². The van der Waals surface area contributed by atoms with Gasteiger partial charge < -0.3 is 5.32 Å². The normalized spacial score (nSPS) is 10.0. The Morgan fingerprint density at radius 3 is 2.43 bits per heavy atom. The standard InChI is InChI=1S/C12H17NO/c1-5-11-6-7-12(13-10(4)14)9(3)8(11)2/h6-7H,5H2,1-4H3,(H,13,14). The van der Waals surface area contributed by atoms with Crippen LogP contribution in [0.2, 0.25) is 0 Å². The first kappa shape index (κ1) is 10.8. The zero-order valence-corrected chi connectivity index (χ0v) is 9.27. The lowest BCUT2D eigenvalue weighted by atomic mass is 10.00. The lowest BCUT2D eigenvalue weighted by Crippen LogP contribution is -2.08. The third-order valence-corrected chi connectivity index (χ3v) is 2.59. The van der Waals surface area contributed by atoms with Crippen molar-refractivity contribution < 1.29 is 4.79 Å². The van der Waals surface area contributed by atoms with Crippen LogP contribution in [-0.4, -0.2) is 5.91 Å². The molecule has 0 aliphatic heterocycles. The number of amides is 1. The molecule has 1 aromatic carbocycles. The molecular weight excluding hydrogens is 174 g/mol. The van der Waals surface area contributed by atoms with E-state index in [0.717, 1.165) is 12.1 Å². The van der Waals surface area contributed by atoms with Gasteiger partial charge in [-0.1, -0.05) is 13.0 Å². The Bertz CT molecular complexity index is 356. The van der Waals surface area contributed by atoms with Crippen LogP contribution in [0.25, 0.3) is 0 Å². The summed E-state index contributed by atoms with van der Waals surface area (Å²) in [5, 5.41) is 2.83. The highest BCUT2D eigenvalue weighted by Gasteiger charge is 2.05. The Morgan fingerprint density at radius 1 is 1.29 bits per heavy atom. The average Bonchev–Trinajstić information content (AvgIpc) is 2.13. The van der Waals surface area contributed by atoms with Gasteiger partial charge in [0.1, 0.15) is 0 Å². The van der Waals surface area contributed by atoms with E-state index in [-0.39, 0.29) is 5.91 Å². The predicted octanol–water partition coefficient (Wildman–Crippen LogP) is 2.82. The van der Waals surface area contributed by atoms with Crippen molar-refractivity contribution in [3.63, 3.8) is 0 Å². The van der Waals surface area contributed by atoms with Gasteiger partial charge in [-0.05, 0) is 43.0 Å². The lowest BCUT2D eigenvalue weighted by molar-refractivity contribution is -0.114. The van der Waals surface area contributed by atoms with Gasteiger partial charge >= 0.3 is 0 Å². The zero-order valence-electron chi connectivity index (χ0n) is 9.27. The smallest absolute Gasteiger partial charge is 0.221 e. The summed E-state index contributed by atoms with van der Waals surface area (Å²) in [4.78, 5) is 10.9. The van der Waals surface area contributed by atoms with Crippen molar-refractivity contribution in [3.8, 4) is 0 Å². The van der Waals surface area contributed by atoms with Gasteiger partial charge in [0.2, 0.25) is 5.91 Å². The Morgan fingerprint density at radius 2 is 1.93 bits per heavy atom. The van der Waals surface area contributed by atoms with E-state index in [2.05, 4.69) is 25.2 Å². The Kier molecular flexibility index (Phi) is 3.28. The Hall–Kier alpha value is -1.31. The molecule has 2 heteroatoms. The fourth-order valence-electron chi connectivity index (χ4n) is 1.58. The van der Waals surface area contributed by atoms with Crippen LogP contribution < -0.4 is 5.32 Å². The summed E-state index contributed by atoms with van der Waals surface area (Å²) in [5.41, 5.74) is 4.71. The van der Waals surface area contributed by atoms with Gasteiger partial charge in [0.25, 0.3) is 0 Å². The molecule has 0 aliphatic carbocycles. The number of carbonyl (C=O) groups excluding carboxylic acids is 1. The van der Waals surface area contributed by atoms with E-state index < -0.39 is 0 Å². The van der Waals surface area contributed by atoms with Crippen molar-refractivity contribution in [1.82, 2.24) is 0 Å². The molecule has 1 aromatic rings. The summed E-state index contributed by atoms with van der Waals surface area (Å²) in [6.07, 6.45) is 1.03. The second-order valence-electron chi connectivity index (χ2n) is 3.56. The van der Waals surface area contributed by atoms with Crippen molar-refractivity contribution in [1.29, 1.82) is 0 Å². The second kappa shape index (κ2) is 4.27. The molecule has 0 saturated carbocycles. The first-order chi connectivity index (χ1) is 6.56. The molecule has 2 nitrogen and oxygen atoms in total. The van der Waals surface area contributed by atoms with Crippen LogP contribution in [-0.2, 0) is 11.2 Å². The molecule has 0 radical (unpaired) electrons. The molecule has 0 atom stereocenters. The van der Waals surface area contributed by atoms with Crippen LogP contribution >= 0.6 is 0 Å². The topological polar surface area (TPSA) is 29.1 Å². The lowest BCUT2D eigenvalue weighted by Gasteiger charge is -2.12. The van der Waals surface area contributed by atoms with Gasteiger partial charge in [0.15, 0.2) is 0 Å². The summed E-state index contributed by atoms with van der Waals surface area (Å²) < 4.78 is 0. The molecule has 0 unspecified atom stereocenters. The minimum absolute atomic E-state index is 0.0169. The molecule has 76 valence electrons. The second-order valence-corrected chi connectivity index (χ2v) is 3.56. The van der Waals surface area contributed by atoms with Gasteiger partial charge in [-0.15, -0.1) is 0 Å². The van der Waals surface area contributed by atoms with Crippen LogP contribution in [0.4, 0.5) is 5.69 Å². The third kappa shape index (κ3) is 2.13. The van der Waals surface area contributed by atoms with Crippen LogP contribution in [0.15, 0.2) is 12.1 Å². The fourth-order valence-corrected chi connectivity index (χ4v) is 1.58. The Labute approximate surface area is 85.3 Å². The van der Waals surface area contributed by atoms with Crippen molar-refractivity contribution >= 4 is 11.6 Å². The number of rotatable bonds is 2. The minimum atomic E-state index is -0.0169. The van der Waals surface area contributed by atoms with E-state index in [1.165, 1.54) is 23.6 Å². The zero-order chi connectivity index (χ0) is 10.7. The number of nitrogens with one attached hydrogen (secondary N) is 1. The summed E-state index contributed by atoms with van der Waals surface area (Å²) in [5.74, 6) is -0.0169. The van der Waals surface area contributed by atoms with E-state index in [4.69, 9.17) is 0 Å². The highest BCUT2D eigenvalue weighted by Crippen LogP contribution is 2.22. The Balaban J connectivity index is 3.10. The molecule has 0 bridgehead atoms. The maximum absolute atomic E-state index is 10.9. The van der Waals surface area contributed by atoms with Gasteiger partial charge in [-0.3, -0.25) is 4.79 Å². The molecule has 14 heavy (non-hydrogen) atoms. The minimum Gasteiger partial charge on any atom is -0.326 e. The number of hydrogen-bond acceptors (Lipinski definition) is 1. The quantitative estimate of drug-likeness (QED) is 0.765. The maximum Gasteiger partial charge on any atom is 0.221 e. The fraction of sp³-hybridized carbons (Fsp3) is 0.417. The molecule has 1 rings (SSSR count). The number of benzene rings is 1. The number of hydrogen-bond donors (Lipinski definition) is 1. The van der Waals surface area contributed by atoms with Crippen LogP contribution in [0.5, 0.6) is 0 Å². The van der Waals surface area contributed by atoms with Gasteiger partial charge in [-0.25, -0.2) is 0 Å². The van der Waals surface area contributed by atoms with Crippen LogP contribution in [0.3, 0.4) is 0 Å². The average molecular weight is 191 g/mol. The number of anilines is 1. The molecule has 1 N–H and O–H groups in total. The van der Waals surface area contributed by atoms with Crippen LogP contribution in [0, 0.1) is 13.8 Å². The first-order valence-electron chi connectivity index (χ1n) is 4.93. The molecule has 0 saturated heterocycles. The highest BCUT2D eigenvalue weighted by atomic mass is 16.1. The molecule has 0 aliphatic rings. The van der Waals surface area contributed by atoms with E-state index >= 15 is 0 Å². The summed E-state index contributed by atoms with van der Waals surface area (Å²) in [6, 6.07) is 4.05. The summed E-state index contributed by atoms with van der Waals surface area (Å²) >= 11 is 0. The number of aryl methyl sites for hydroxylation is 1.